The van der Waals surface area contributed by atoms with Gasteiger partial charge in [0.2, 0.25) is 0 Å². The van der Waals surface area contributed by atoms with E-state index in [9.17, 15) is 9.59 Å². The monoisotopic (exact) mass is 943 g/mol. The predicted octanol–water partition coefficient (Wildman–Crippen LogP) is 8.46. The van der Waals surface area contributed by atoms with Crippen LogP contribution in [0.25, 0.3) is 0 Å². The summed E-state index contributed by atoms with van der Waals surface area (Å²) >= 11 is 0. The van der Waals surface area contributed by atoms with Gasteiger partial charge in [-0.3, -0.25) is 9.59 Å². The number of likely N-dealkylation sites (N-methyl/N-ethyl adjacent to an activating group) is 2. The summed E-state index contributed by atoms with van der Waals surface area (Å²) in [6.07, 6.45) is 7.00. The third-order valence-corrected chi connectivity index (χ3v) is 14.3. The van der Waals surface area contributed by atoms with E-state index < -0.39 is 0 Å². The highest BCUT2D eigenvalue weighted by molar-refractivity contribution is 5.69. The molecule has 0 spiro atoms. The summed E-state index contributed by atoms with van der Waals surface area (Å²) in [4.78, 5) is 26.4. The van der Waals surface area contributed by atoms with Gasteiger partial charge in [0.1, 0.15) is 12.1 Å². The van der Waals surface area contributed by atoms with Crippen molar-refractivity contribution < 1.29 is 65.9 Å². The fraction of sp³-hybridized carbons (Fsp3) is 0.519. The third-order valence-electron chi connectivity index (χ3n) is 14.3. The summed E-state index contributed by atoms with van der Waals surface area (Å²) in [5.41, 5.74) is 7.04. The van der Waals surface area contributed by atoms with E-state index >= 15 is 0 Å². The molecule has 0 N–H and O–H groups in total. The molecule has 0 bridgehead atoms. The van der Waals surface area contributed by atoms with Gasteiger partial charge in [-0.15, -0.1) is 0 Å². The molecule has 4 aromatic carbocycles. The van der Waals surface area contributed by atoms with Gasteiger partial charge in [0.15, 0.2) is 46.0 Å². The van der Waals surface area contributed by atoms with Gasteiger partial charge in [-0.05, 0) is 96.5 Å². The SMILES string of the molecule is COc1ccc(C[C@@H]2c3cc(OC)c(OC)cc3CC[N@+]2(C)CCC(=O)OCCCCCCOC(=O)CC[N@@+]2(C)CCc3cc(OC)c(OC)cc3[C@H]2Cc2ccc(OC)c(OC)c2)cc1OC. The Kier molecular flexibility index (Phi) is 18.1. The molecule has 68 heavy (non-hydrogen) atoms. The molecule has 2 heterocycles. The minimum Gasteiger partial charge on any atom is -0.493 e. The molecule has 0 saturated heterocycles. The van der Waals surface area contributed by atoms with E-state index in [1.54, 1.807) is 56.9 Å². The Labute approximate surface area is 403 Å². The number of rotatable bonds is 25. The predicted molar refractivity (Wildman–Crippen MR) is 260 cm³/mol. The number of esters is 2. The van der Waals surface area contributed by atoms with Crippen LogP contribution in [0.1, 0.15) is 84.0 Å². The van der Waals surface area contributed by atoms with Gasteiger partial charge in [-0.25, -0.2) is 0 Å². The smallest absolute Gasteiger partial charge is 0.311 e. The lowest BCUT2D eigenvalue weighted by Gasteiger charge is -2.46. The quantitative estimate of drug-likeness (QED) is 0.0360. The first kappa shape index (κ1) is 51.5. The Balaban J connectivity index is 0.963. The van der Waals surface area contributed by atoms with Crippen LogP contribution in [-0.2, 0) is 44.7 Å². The van der Waals surface area contributed by atoms with Crippen molar-refractivity contribution in [1.82, 2.24) is 0 Å². The second kappa shape index (κ2) is 23.9. The molecule has 4 atom stereocenters. The number of carbonyl (C=O) groups excluding carboxylic acids is 2. The molecule has 0 amide bonds. The number of carbonyl (C=O) groups is 2. The number of hydrogen-bond acceptors (Lipinski definition) is 12. The second-order valence-electron chi connectivity index (χ2n) is 18.3. The average Bonchev–Trinajstić information content (AvgIpc) is 3.36. The number of fused-ring (bicyclic) bond motifs is 2. The number of nitrogens with zero attached hydrogens (tertiary/aromatic N) is 2. The van der Waals surface area contributed by atoms with E-state index in [0.717, 1.165) is 75.6 Å². The van der Waals surface area contributed by atoms with Gasteiger partial charge < -0.3 is 56.3 Å². The van der Waals surface area contributed by atoms with E-state index in [1.165, 1.54) is 22.3 Å². The highest BCUT2D eigenvalue weighted by Crippen LogP contribution is 2.45. The standard InChI is InChI=1S/C54H74N2O12/c1-55(23-19-39-33-49(63-7)51(65-9)35-41(39)43(55)29-37-15-17-45(59-3)47(31-37)61-5)25-21-53(57)67-27-13-11-12-14-28-68-54(58)22-26-56(2)24-20-40-34-50(64-8)52(66-10)36-42(40)44(56)30-38-16-18-46(60-4)48(32-38)62-6/h15-18,31-36,43-44H,11-14,19-30H2,1-10H3/q+2/t43-,44-,55-,56-/m1/s1. The van der Waals surface area contributed by atoms with Gasteiger partial charge in [0, 0.05) is 36.8 Å². The van der Waals surface area contributed by atoms with Crippen LogP contribution >= 0.6 is 0 Å². The van der Waals surface area contributed by atoms with Gasteiger partial charge in [-0.2, -0.15) is 0 Å². The van der Waals surface area contributed by atoms with E-state index in [0.29, 0.717) is 94.1 Å². The molecule has 0 unspecified atom stereocenters. The maximum absolute atomic E-state index is 13.2. The lowest BCUT2D eigenvalue weighted by molar-refractivity contribution is -0.940. The zero-order valence-corrected chi connectivity index (χ0v) is 42.0. The molecular formula is C54H74N2O12+2. The minimum absolute atomic E-state index is 0.0484. The molecule has 370 valence electrons. The highest BCUT2D eigenvalue weighted by Gasteiger charge is 2.42. The molecule has 0 aromatic heterocycles. The molecule has 0 radical (unpaired) electrons. The fourth-order valence-corrected chi connectivity index (χ4v) is 10.1. The van der Waals surface area contributed by atoms with Crippen molar-refractivity contribution in [2.45, 2.75) is 76.3 Å². The molecule has 0 saturated carbocycles. The molecule has 14 heteroatoms. The van der Waals surface area contributed by atoms with Gasteiger partial charge in [0.25, 0.3) is 0 Å². The van der Waals surface area contributed by atoms with Crippen LogP contribution in [0.5, 0.6) is 46.0 Å². The lowest BCUT2D eigenvalue weighted by atomic mass is 9.86. The average molecular weight is 943 g/mol. The first-order chi connectivity index (χ1) is 32.9. The lowest BCUT2D eigenvalue weighted by Crippen LogP contribution is -2.53. The van der Waals surface area contributed by atoms with Crippen LogP contribution in [0.2, 0.25) is 0 Å². The topological polar surface area (TPSA) is 126 Å². The van der Waals surface area contributed by atoms with Gasteiger partial charge in [-0.1, -0.05) is 12.1 Å². The third kappa shape index (κ3) is 12.2. The molecule has 6 rings (SSSR count). The summed E-state index contributed by atoms with van der Waals surface area (Å²) in [6.45, 7) is 3.70. The Morgan fingerprint density at radius 1 is 0.456 bits per heavy atom. The Morgan fingerprint density at radius 3 is 1.15 bits per heavy atom. The molecule has 0 aliphatic carbocycles. The summed E-state index contributed by atoms with van der Waals surface area (Å²) < 4.78 is 57.9. The summed E-state index contributed by atoms with van der Waals surface area (Å²) in [5, 5.41) is 0. The summed E-state index contributed by atoms with van der Waals surface area (Å²) in [6, 6.07) is 20.6. The number of unbranched alkanes of at least 4 members (excludes halogenated alkanes) is 3. The maximum atomic E-state index is 13.2. The van der Waals surface area contributed by atoms with Gasteiger partial charge in [0.05, 0.1) is 123 Å². The first-order valence-corrected chi connectivity index (χ1v) is 23.8. The van der Waals surface area contributed by atoms with E-state index in [4.69, 9.17) is 47.4 Å². The van der Waals surface area contributed by atoms with E-state index in [2.05, 4.69) is 50.5 Å². The number of hydrogen-bond donors (Lipinski definition) is 0. The number of quaternary nitrogens is 2. The zero-order chi connectivity index (χ0) is 48.8. The van der Waals surface area contributed by atoms with Crippen LogP contribution in [0.4, 0.5) is 0 Å². The molecule has 2 aliphatic rings. The Morgan fingerprint density at radius 2 is 0.794 bits per heavy atom. The van der Waals surface area contributed by atoms with Crippen LogP contribution in [0, 0.1) is 0 Å². The van der Waals surface area contributed by atoms with E-state index in [-0.39, 0.29) is 24.0 Å². The van der Waals surface area contributed by atoms with Crippen LogP contribution in [0.3, 0.4) is 0 Å². The van der Waals surface area contributed by atoms with Crippen molar-refractivity contribution in [3.05, 3.63) is 94.0 Å². The normalized spacial score (nSPS) is 19.4. The van der Waals surface area contributed by atoms with Gasteiger partial charge >= 0.3 is 11.9 Å². The van der Waals surface area contributed by atoms with Crippen molar-refractivity contribution >= 4 is 11.9 Å². The van der Waals surface area contributed by atoms with Crippen molar-refractivity contribution in [3.63, 3.8) is 0 Å². The number of ether oxygens (including phenoxy) is 10. The maximum Gasteiger partial charge on any atom is 0.311 e. The molecule has 14 nitrogen and oxygen atoms in total. The fourth-order valence-electron chi connectivity index (χ4n) is 10.1. The first-order valence-electron chi connectivity index (χ1n) is 23.8. The van der Waals surface area contributed by atoms with Crippen LogP contribution < -0.4 is 37.9 Å². The molecular weight excluding hydrogens is 869 g/mol. The van der Waals surface area contributed by atoms with Crippen LogP contribution in [-0.4, -0.2) is 131 Å². The van der Waals surface area contributed by atoms with Crippen molar-refractivity contribution in [1.29, 1.82) is 0 Å². The largest absolute Gasteiger partial charge is 0.493 e. The second-order valence-corrected chi connectivity index (χ2v) is 18.3. The van der Waals surface area contributed by atoms with Crippen molar-refractivity contribution in [2.75, 3.05) is 110 Å². The highest BCUT2D eigenvalue weighted by atomic mass is 16.5. The Bertz CT molecular complexity index is 2170. The van der Waals surface area contributed by atoms with Crippen molar-refractivity contribution in [3.8, 4) is 46.0 Å². The van der Waals surface area contributed by atoms with Crippen LogP contribution in [0.15, 0.2) is 60.7 Å². The number of methoxy groups -OCH3 is 8. The minimum atomic E-state index is -0.195. The van der Waals surface area contributed by atoms with Crippen molar-refractivity contribution in [2.24, 2.45) is 0 Å². The van der Waals surface area contributed by atoms with E-state index in [1.807, 2.05) is 24.3 Å². The molecule has 0 fully saturated rings. The molecule has 2 aliphatic heterocycles. The summed E-state index contributed by atoms with van der Waals surface area (Å²) in [5.74, 6) is 5.13. The number of benzene rings is 4. The Hall–Kier alpha value is -5.86. The molecule has 4 aromatic rings. The summed E-state index contributed by atoms with van der Waals surface area (Å²) in [7, 11) is 17.6. The zero-order valence-electron chi connectivity index (χ0n) is 42.0.